The Kier molecular flexibility index (Phi) is 8.01. The van der Waals surface area contributed by atoms with Crippen molar-refractivity contribution in [3.63, 3.8) is 0 Å². The molecule has 0 aliphatic carbocycles. The molecule has 5 heterocycles. The summed E-state index contributed by atoms with van der Waals surface area (Å²) < 4.78 is 7.16. The molecule has 13 aromatic rings. The lowest BCUT2D eigenvalue weighted by atomic mass is 9.97. The highest BCUT2D eigenvalue weighted by Crippen LogP contribution is 2.40. The topological polar surface area (TPSA) is 48.5 Å². The number of fused-ring (bicyclic) bond motifs is 9. The minimum Gasteiger partial charge on any atom is -0.309 e. The summed E-state index contributed by atoms with van der Waals surface area (Å²) in [6.45, 7) is 0. The third kappa shape index (κ3) is 5.80. The molecule has 0 spiro atoms. The van der Waals surface area contributed by atoms with E-state index in [-0.39, 0.29) is 0 Å². The number of pyridine rings is 1. The Morgan fingerprint density at radius 1 is 0.349 bits per heavy atom. The van der Waals surface area contributed by atoms with E-state index in [0.29, 0.717) is 5.82 Å². The van der Waals surface area contributed by atoms with E-state index in [1.54, 1.807) is 11.3 Å². The monoisotopic (exact) mass is 821 g/mol. The summed E-state index contributed by atoms with van der Waals surface area (Å²) in [5.74, 6) is 1.52. The highest BCUT2D eigenvalue weighted by atomic mass is 32.1. The molecular formula is C57H35N5S. The molecule has 0 unspecified atom stereocenters. The number of para-hydroxylation sites is 2. The highest BCUT2D eigenvalue weighted by molar-refractivity contribution is 7.25. The van der Waals surface area contributed by atoms with E-state index in [9.17, 15) is 0 Å². The molecule has 0 bridgehead atoms. The molecule has 0 N–H and O–H groups in total. The van der Waals surface area contributed by atoms with Gasteiger partial charge in [0.25, 0.3) is 0 Å². The predicted molar refractivity (Wildman–Crippen MR) is 263 cm³/mol. The third-order valence-corrected chi connectivity index (χ3v) is 13.5. The van der Waals surface area contributed by atoms with Gasteiger partial charge in [0.05, 0.1) is 38.0 Å². The van der Waals surface area contributed by atoms with Crippen molar-refractivity contribution in [2.75, 3.05) is 0 Å². The van der Waals surface area contributed by atoms with E-state index >= 15 is 0 Å². The van der Waals surface area contributed by atoms with Crippen LogP contribution in [0.5, 0.6) is 0 Å². The van der Waals surface area contributed by atoms with Crippen LogP contribution in [0.2, 0.25) is 0 Å². The SMILES string of the molecule is c1ccc(-c2cc(-n3c4ccccc4c4ccc(-c5cccc(-c6ccc7c(c6)c6ccccc6n7-c6ccc7sc8cccnc8c7c6)c5)cc43)nc(-c3ccccc3)n2)cc1. The van der Waals surface area contributed by atoms with Gasteiger partial charge in [-0.3, -0.25) is 9.55 Å². The van der Waals surface area contributed by atoms with Crippen LogP contribution in [0, 0.1) is 0 Å². The molecule has 0 saturated heterocycles. The maximum Gasteiger partial charge on any atom is 0.162 e. The van der Waals surface area contributed by atoms with Crippen molar-refractivity contribution in [3.8, 4) is 56.4 Å². The van der Waals surface area contributed by atoms with E-state index in [2.05, 4.69) is 185 Å². The van der Waals surface area contributed by atoms with Crippen LogP contribution in [0.25, 0.3) is 120 Å². The quantitative estimate of drug-likeness (QED) is 0.168. The first-order valence-corrected chi connectivity index (χ1v) is 22.0. The van der Waals surface area contributed by atoms with Crippen molar-refractivity contribution in [2.45, 2.75) is 0 Å². The molecule has 0 saturated carbocycles. The summed E-state index contributed by atoms with van der Waals surface area (Å²) in [7, 11) is 0. The molecule has 63 heavy (non-hydrogen) atoms. The van der Waals surface area contributed by atoms with E-state index in [1.807, 2.05) is 36.5 Å². The maximum atomic E-state index is 5.27. The predicted octanol–water partition coefficient (Wildman–Crippen LogP) is 15.1. The van der Waals surface area contributed by atoms with Crippen LogP contribution in [0.3, 0.4) is 0 Å². The molecule has 13 rings (SSSR count). The molecule has 5 nitrogen and oxygen atoms in total. The van der Waals surface area contributed by atoms with Gasteiger partial charge in [0.2, 0.25) is 0 Å². The van der Waals surface area contributed by atoms with Crippen molar-refractivity contribution in [3.05, 3.63) is 212 Å². The minimum atomic E-state index is 0.691. The summed E-state index contributed by atoms with van der Waals surface area (Å²) in [6, 6.07) is 73.7. The van der Waals surface area contributed by atoms with Gasteiger partial charge in [-0.05, 0) is 89.0 Å². The molecular weight excluding hydrogens is 787 g/mol. The second kappa shape index (κ2) is 14.2. The van der Waals surface area contributed by atoms with Crippen LogP contribution in [-0.2, 0) is 0 Å². The zero-order valence-electron chi connectivity index (χ0n) is 33.9. The molecule has 294 valence electrons. The van der Waals surface area contributed by atoms with Crippen LogP contribution in [-0.4, -0.2) is 24.1 Å². The average Bonchev–Trinajstić information content (AvgIpc) is 4.01. The average molecular weight is 822 g/mol. The van der Waals surface area contributed by atoms with Gasteiger partial charge in [-0.25, -0.2) is 9.97 Å². The van der Waals surface area contributed by atoms with Gasteiger partial charge in [0, 0.05) is 60.7 Å². The van der Waals surface area contributed by atoms with Gasteiger partial charge in [-0.1, -0.05) is 133 Å². The van der Waals surface area contributed by atoms with Gasteiger partial charge in [-0.2, -0.15) is 0 Å². The van der Waals surface area contributed by atoms with Crippen molar-refractivity contribution in [2.24, 2.45) is 0 Å². The summed E-state index contributed by atoms with van der Waals surface area (Å²) in [5, 5.41) is 6.00. The van der Waals surface area contributed by atoms with Gasteiger partial charge in [-0.15, -0.1) is 11.3 Å². The van der Waals surface area contributed by atoms with Crippen molar-refractivity contribution < 1.29 is 0 Å². The summed E-state index contributed by atoms with van der Waals surface area (Å²) >= 11 is 1.80. The van der Waals surface area contributed by atoms with Gasteiger partial charge >= 0.3 is 0 Å². The Morgan fingerprint density at radius 3 is 1.79 bits per heavy atom. The molecule has 5 aromatic heterocycles. The van der Waals surface area contributed by atoms with E-state index in [1.165, 1.54) is 58.5 Å². The fourth-order valence-corrected chi connectivity index (χ4v) is 10.5. The molecule has 0 aliphatic heterocycles. The molecule has 6 heteroatoms. The van der Waals surface area contributed by atoms with E-state index < -0.39 is 0 Å². The Labute approximate surface area is 366 Å². The molecule has 0 amide bonds. The van der Waals surface area contributed by atoms with Crippen LogP contribution < -0.4 is 0 Å². The van der Waals surface area contributed by atoms with Crippen LogP contribution in [0.15, 0.2) is 212 Å². The summed E-state index contributed by atoms with van der Waals surface area (Å²) in [6.07, 6.45) is 1.89. The zero-order valence-corrected chi connectivity index (χ0v) is 34.7. The van der Waals surface area contributed by atoms with Crippen molar-refractivity contribution >= 4 is 75.3 Å². The lowest BCUT2D eigenvalue weighted by Gasteiger charge is -2.13. The normalized spacial score (nSPS) is 11.8. The second-order valence-electron chi connectivity index (χ2n) is 16.0. The number of thiophene rings is 1. The van der Waals surface area contributed by atoms with E-state index in [0.717, 1.165) is 56.0 Å². The number of nitrogens with zero attached hydrogens (tertiary/aromatic N) is 5. The minimum absolute atomic E-state index is 0.691. The zero-order chi connectivity index (χ0) is 41.4. The Hall–Kier alpha value is -8.19. The number of benzene rings is 8. The second-order valence-corrected chi connectivity index (χ2v) is 17.1. The van der Waals surface area contributed by atoms with Crippen LogP contribution in [0.1, 0.15) is 0 Å². The first-order valence-electron chi connectivity index (χ1n) is 21.2. The number of aromatic nitrogens is 5. The smallest absolute Gasteiger partial charge is 0.162 e. The Morgan fingerprint density at radius 2 is 0.984 bits per heavy atom. The standard InChI is InChI=1S/C57H35N5S/c1-3-13-36(14-4-1)48-35-55(60-57(59-48)37-15-5-2-6-16-37)62-50-22-10-7-19-43(50)45-27-24-41(33-52(45)62)39-18-11-17-38(31-39)40-25-28-51-46(32-40)44-20-8-9-21-49(44)61(51)42-26-29-53-47(34-42)56-54(63-53)23-12-30-58-56/h1-35H. The first-order chi connectivity index (χ1) is 31.2. The fourth-order valence-electron chi connectivity index (χ4n) is 9.45. The lowest BCUT2D eigenvalue weighted by Crippen LogP contribution is -2.02. The van der Waals surface area contributed by atoms with Gasteiger partial charge in [0.1, 0.15) is 5.82 Å². The lowest BCUT2D eigenvalue weighted by molar-refractivity contribution is 1.05. The Bertz CT molecular complexity index is 3860. The summed E-state index contributed by atoms with van der Waals surface area (Å²) in [4.78, 5) is 15.1. The summed E-state index contributed by atoms with van der Waals surface area (Å²) in [5.41, 5.74) is 14.3. The number of rotatable bonds is 6. The van der Waals surface area contributed by atoms with Crippen molar-refractivity contribution in [1.82, 2.24) is 24.1 Å². The molecule has 0 radical (unpaired) electrons. The number of hydrogen-bond acceptors (Lipinski definition) is 4. The van der Waals surface area contributed by atoms with Crippen molar-refractivity contribution in [1.29, 1.82) is 0 Å². The highest BCUT2D eigenvalue weighted by Gasteiger charge is 2.19. The number of hydrogen-bond donors (Lipinski definition) is 0. The maximum absolute atomic E-state index is 5.27. The van der Waals surface area contributed by atoms with Crippen LogP contribution >= 0.6 is 11.3 Å². The molecule has 0 aliphatic rings. The Balaban J connectivity index is 0.942. The third-order valence-electron chi connectivity index (χ3n) is 12.4. The van der Waals surface area contributed by atoms with Gasteiger partial charge in [0.15, 0.2) is 5.82 Å². The van der Waals surface area contributed by atoms with Crippen LogP contribution in [0.4, 0.5) is 0 Å². The molecule has 0 fully saturated rings. The molecule has 0 atom stereocenters. The molecule has 8 aromatic carbocycles. The van der Waals surface area contributed by atoms with E-state index in [4.69, 9.17) is 15.0 Å². The van der Waals surface area contributed by atoms with Gasteiger partial charge < -0.3 is 4.57 Å². The fraction of sp³-hybridized carbons (Fsp3) is 0. The first kappa shape index (κ1) is 35.6. The largest absolute Gasteiger partial charge is 0.309 e.